The number of aromatic nitrogens is 2. The fourth-order valence-corrected chi connectivity index (χ4v) is 2.65. The van der Waals surface area contributed by atoms with E-state index in [0.29, 0.717) is 17.9 Å². The maximum absolute atomic E-state index is 12.6. The number of rotatable bonds is 6. The number of nitrogens with one attached hydrogen (secondary N) is 2. The summed E-state index contributed by atoms with van der Waals surface area (Å²) in [7, 11) is 0. The topological polar surface area (TPSA) is 93.2 Å². The summed E-state index contributed by atoms with van der Waals surface area (Å²) in [5.41, 5.74) is 4.24. The second-order valence-corrected chi connectivity index (χ2v) is 6.39. The number of benzene rings is 2. The number of hydrogen-bond acceptors (Lipinski definition) is 6. The third kappa shape index (κ3) is 4.95. The van der Waals surface area contributed by atoms with Crippen LogP contribution in [0.1, 0.15) is 38.9 Å². The zero-order valence-corrected chi connectivity index (χ0v) is 16.5. The van der Waals surface area contributed by atoms with Crippen LogP contribution in [0.15, 0.2) is 54.7 Å². The molecule has 29 heavy (non-hydrogen) atoms. The molecule has 0 saturated heterocycles. The lowest BCUT2D eigenvalue weighted by atomic mass is 10.1. The van der Waals surface area contributed by atoms with Crippen molar-refractivity contribution in [3.05, 3.63) is 77.1 Å². The summed E-state index contributed by atoms with van der Waals surface area (Å²) >= 11 is 0. The maximum Gasteiger partial charge on any atom is 0.338 e. The molecule has 2 aromatic carbocycles. The smallest absolute Gasteiger partial charge is 0.338 e. The molecule has 0 aliphatic heterocycles. The number of hydrogen-bond donors (Lipinski definition) is 2. The van der Waals surface area contributed by atoms with Gasteiger partial charge in [-0.1, -0.05) is 12.1 Å². The molecule has 148 valence electrons. The third-order valence-electron chi connectivity index (χ3n) is 4.39. The third-order valence-corrected chi connectivity index (χ3v) is 4.39. The lowest BCUT2D eigenvalue weighted by Gasteiger charge is -2.11. The van der Waals surface area contributed by atoms with Gasteiger partial charge >= 0.3 is 5.97 Å². The number of aryl methyl sites for hydroxylation is 1. The number of carbonyl (C=O) groups excluding carboxylic acids is 2. The van der Waals surface area contributed by atoms with Crippen molar-refractivity contribution >= 4 is 29.2 Å². The molecule has 0 spiro atoms. The second kappa shape index (κ2) is 8.97. The maximum atomic E-state index is 12.6. The minimum Gasteiger partial charge on any atom is -0.462 e. The predicted molar refractivity (Wildman–Crippen MR) is 112 cm³/mol. The molecule has 1 amide bonds. The van der Waals surface area contributed by atoms with Crippen LogP contribution in [-0.4, -0.2) is 28.5 Å². The van der Waals surface area contributed by atoms with Gasteiger partial charge in [-0.3, -0.25) is 4.79 Å². The molecule has 1 aromatic heterocycles. The molecule has 0 fully saturated rings. The van der Waals surface area contributed by atoms with Crippen LogP contribution in [0.3, 0.4) is 0 Å². The molecular weight excluding hydrogens is 368 g/mol. The molecule has 0 bridgehead atoms. The highest BCUT2D eigenvalue weighted by Crippen LogP contribution is 2.19. The quantitative estimate of drug-likeness (QED) is 0.611. The van der Waals surface area contributed by atoms with Crippen molar-refractivity contribution in [2.24, 2.45) is 0 Å². The van der Waals surface area contributed by atoms with Gasteiger partial charge in [-0.2, -0.15) is 0 Å². The van der Waals surface area contributed by atoms with Gasteiger partial charge in [0.2, 0.25) is 5.95 Å². The lowest BCUT2D eigenvalue weighted by molar-refractivity contribution is 0.0526. The number of nitrogens with zero attached hydrogens (tertiary/aromatic N) is 2. The number of esters is 1. The first kappa shape index (κ1) is 20.0. The summed E-state index contributed by atoms with van der Waals surface area (Å²) in [6.45, 7) is 6.03. The van der Waals surface area contributed by atoms with Gasteiger partial charge in [-0.25, -0.2) is 14.8 Å². The second-order valence-electron chi connectivity index (χ2n) is 6.39. The molecule has 0 atom stereocenters. The molecule has 0 aliphatic carbocycles. The molecule has 3 rings (SSSR count). The van der Waals surface area contributed by atoms with E-state index in [1.165, 1.54) is 6.20 Å². The summed E-state index contributed by atoms with van der Waals surface area (Å²) in [5, 5.41) is 5.91. The van der Waals surface area contributed by atoms with Crippen molar-refractivity contribution < 1.29 is 14.3 Å². The van der Waals surface area contributed by atoms with Crippen molar-refractivity contribution in [1.29, 1.82) is 0 Å². The minimum atomic E-state index is -0.375. The Bertz CT molecular complexity index is 1030. The van der Waals surface area contributed by atoms with Gasteiger partial charge in [0.15, 0.2) is 0 Å². The Morgan fingerprint density at radius 3 is 2.52 bits per heavy atom. The number of amides is 1. The summed E-state index contributed by atoms with van der Waals surface area (Å²) in [5.74, 6) is -0.412. The van der Waals surface area contributed by atoms with E-state index in [9.17, 15) is 9.59 Å². The van der Waals surface area contributed by atoms with Crippen LogP contribution < -0.4 is 10.6 Å². The van der Waals surface area contributed by atoms with Crippen molar-refractivity contribution in [2.75, 3.05) is 17.2 Å². The van der Waals surface area contributed by atoms with Gasteiger partial charge in [0.1, 0.15) is 5.69 Å². The molecule has 2 N–H and O–H groups in total. The van der Waals surface area contributed by atoms with Gasteiger partial charge in [-0.05, 0) is 68.3 Å². The van der Waals surface area contributed by atoms with Crippen LogP contribution in [0.4, 0.5) is 17.3 Å². The zero-order valence-electron chi connectivity index (χ0n) is 16.5. The van der Waals surface area contributed by atoms with Crippen LogP contribution in [0.5, 0.6) is 0 Å². The number of anilines is 3. The van der Waals surface area contributed by atoms with E-state index < -0.39 is 0 Å². The van der Waals surface area contributed by atoms with Gasteiger partial charge in [0.05, 0.1) is 12.2 Å². The fraction of sp³-hybridized carbons (Fsp3) is 0.182. The lowest BCUT2D eigenvalue weighted by Crippen LogP contribution is -2.15. The molecule has 0 unspecified atom stereocenters. The van der Waals surface area contributed by atoms with Gasteiger partial charge in [0, 0.05) is 17.6 Å². The Kier molecular flexibility index (Phi) is 6.19. The summed E-state index contributed by atoms with van der Waals surface area (Å²) in [6, 6.07) is 14.0. The Balaban J connectivity index is 1.71. The Hall–Kier alpha value is -3.74. The standard InChI is InChI=1S/C22H22N4O3/c1-4-29-21(28)16-8-10-17(11-9-16)24-22-23-13-12-19(26-22)20(27)25-18-7-5-6-14(2)15(18)3/h5-13H,4H2,1-3H3,(H,25,27)(H,23,24,26). The first-order valence-electron chi connectivity index (χ1n) is 9.22. The van der Waals surface area contributed by atoms with E-state index in [-0.39, 0.29) is 23.5 Å². The minimum absolute atomic E-state index is 0.242. The monoisotopic (exact) mass is 390 g/mol. The summed E-state index contributed by atoms with van der Waals surface area (Å²) in [4.78, 5) is 32.7. The molecule has 0 saturated carbocycles. The van der Waals surface area contributed by atoms with Crippen LogP contribution in [0.2, 0.25) is 0 Å². The largest absolute Gasteiger partial charge is 0.462 e. The molecule has 7 heteroatoms. The van der Waals surface area contributed by atoms with E-state index >= 15 is 0 Å². The van der Waals surface area contributed by atoms with Crippen LogP contribution in [0, 0.1) is 13.8 Å². The molecule has 1 heterocycles. The average molecular weight is 390 g/mol. The fourth-order valence-electron chi connectivity index (χ4n) is 2.65. The molecule has 0 radical (unpaired) electrons. The molecular formula is C22H22N4O3. The van der Waals surface area contributed by atoms with Crippen molar-refractivity contribution in [1.82, 2.24) is 9.97 Å². The van der Waals surface area contributed by atoms with E-state index in [1.807, 2.05) is 32.0 Å². The van der Waals surface area contributed by atoms with Gasteiger partial charge in [0.25, 0.3) is 5.91 Å². The summed E-state index contributed by atoms with van der Waals surface area (Å²) in [6.07, 6.45) is 1.51. The molecule has 0 aliphatic rings. The van der Waals surface area contributed by atoms with E-state index in [0.717, 1.165) is 16.8 Å². The van der Waals surface area contributed by atoms with Gasteiger partial charge in [-0.15, -0.1) is 0 Å². The molecule has 7 nitrogen and oxygen atoms in total. The number of carbonyl (C=O) groups is 2. The Morgan fingerprint density at radius 1 is 1.03 bits per heavy atom. The summed E-state index contributed by atoms with van der Waals surface area (Å²) < 4.78 is 4.96. The van der Waals surface area contributed by atoms with Crippen molar-refractivity contribution in [3.8, 4) is 0 Å². The van der Waals surface area contributed by atoms with E-state index in [4.69, 9.17) is 4.74 Å². The van der Waals surface area contributed by atoms with E-state index in [2.05, 4.69) is 20.6 Å². The zero-order chi connectivity index (χ0) is 20.8. The van der Waals surface area contributed by atoms with Crippen molar-refractivity contribution in [2.45, 2.75) is 20.8 Å². The molecule has 3 aromatic rings. The van der Waals surface area contributed by atoms with Crippen LogP contribution >= 0.6 is 0 Å². The first-order valence-corrected chi connectivity index (χ1v) is 9.22. The normalized spacial score (nSPS) is 10.3. The van der Waals surface area contributed by atoms with E-state index in [1.54, 1.807) is 37.3 Å². The van der Waals surface area contributed by atoms with Gasteiger partial charge < -0.3 is 15.4 Å². The highest BCUT2D eigenvalue weighted by molar-refractivity contribution is 6.03. The first-order chi connectivity index (χ1) is 14.0. The SMILES string of the molecule is CCOC(=O)c1ccc(Nc2nccc(C(=O)Nc3cccc(C)c3C)n2)cc1. The van der Waals surface area contributed by atoms with Crippen LogP contribution in [0.25, 0.3) is 0 Å². The average Bonchev–Trinajstić information content (AvgIpc) is 2.72. The predicted octanol–water partition coefficient (Wildman–Crippen LogP) is 4.27. The Labute approximate surface area is 169 Å². The van der Waals surface area contributed by atoms with Crippen LogP contribution in [-0.2, 0) is 4.74 Å². The Morgan fingerprint density at radius 2 is 1.79 bits per heavy atom. The highest BCUT2D eigenvalue weighted by Gasteiger charge is 2.12. The highest BCUT2D eigenvalue weighted by atomic mass is 16.5. The number of ether oxygens (including phenoxy) is 1. The van der Waals surface area contributed by atoms with Crippen molar-refractivity contribution in [3.63, 3.8) is 0 Å².